The van der Waals surface area contributed by atoms with E-state index in [1.807, 2.05) is 0 Å². The molecule has 0 spiro atoms. The Morgan fingerprint density at radius 2 is 1.79 bits per heavy atom. The second kappa shape index (κ2) is 9.93. The molecule has 11 heteroatoms. The average Bonchev–Trinajstić information content (AvgIpc) is 3.36. The SMILES string of the molecule is O=C(c1cccc(S(=O)(=O)NCC2CCCO2)c1)N1CCN(c2cccc(C(F)(F)F)c2)CC1. The number of carbonyl (C=O) groups is 1. The minimum absolute atomic E-state index is 0.000974. The highest BCUT2D eigenvalue weighted by atomic mass is 32.2. The standard InChI is InChI=1S/C23H26F3N3O4S/c24-23(25,26)18-5-2-6-19(15-18)28-9-11-29(12-10-28)22(30)17-4-1-8-21(14-17)34(31,32)27-16-20-7-3-13-33-20/h1-2,4-6,8,14-15,20,27H,3,7,9-13,16H2. The summed E-state index contributed by atoms with van der Waals surface area (Å²) in [7, 11) is -3.80. The van der Waals surface area contributed by atoms with Gasteiger partial charge in [0.05, 0.1) is 16.6 Å². The molecule has 1 unspecified atom stereocenters. The van der Waals surface area contributed by atoms with Gasteiger partial charge in [-0.25, -0.2) is 13.1 Å². The highest BCUT2D eigenvalue weighted by Crippen LogP contribution is 2.32. The van der Waals surface area contributed by atoms with Crippen molar-refractivity contribution < 1.29 is 31.1 Å². The van der Waals surface area contributed by atoms with Crippen LogP contribution in [0.3, 0.4) is 0 Å². The Balaban J connectivity index is 1.39. The molecule has 0 saturated carbocycles. The van der Waals surface area contributed by atoms with Gasteiger partial charge in [-0.05, 0) is 49.2 Å². The van der Waals surface area contributed by atoms with Crippen molar-refractivity contribution in [2.75, 3.05) is 44.2 Å². The molecule has 1 amide bonds. The molecule has 0 radical (unpaired) electrons. The van der Waals surface area contributed by atoms with E-state index in [4.69, 9.17) is 4.74 Å². The molecule has 2 fully saturated rings. The first-order valence-corrected chi connectivity index (χ1v) is 12.5. The molecule has 2 aliphatic rings. The van der Waals surface area contributed by atoms with E-state index in [9.17, 15) is 26.4 Å². The Labute approximate surface area is 196 Å². The van der Waals surface area contributed by atoms with E-state index < -0.39 is 21.8 Å². The summed E-state index contributed by atoms with van der Waals surface area (Å²) < 4.78 is 72.3. The fraction of sp³-hybridized carbons (Fsp3) is 0.435. The topological polar surface area (TPSA) is 78.9 Å². The van der Waals surface area contributed by atoms with Crippen LogP contribution in [-0.4, -0.2) is 64.7 Å². The number of rotatable bonds is 6. The number of piperazine rings is 1. The van der Waals surface area contributed by atoms with Gasteiger partial charge in [-0.1, -0.05) is 12.1 Å². The van der Waals surface area contributed by atoms with Crippen molar-refractivity contribution in [3.05, 3.63) is 59.7 Å². The molecule has 2 heterocycles. The zero-order chi connectivity index (χ0) is 24.3. The largest absolute Gasteiger partial charge is 0.416 e. The van der Waals surface area contributed by atoms with Gasteiger partial charge in [0.2, 0.25) is 10.0 Å². The predicted molar refractivity (Wildman–Crippen MR) is 120 cm³/mol. The van der Waals surface area contributed by atoms with Gasteiger partial charge in [-0.3, -0.25) is 4.79 Å². The molecule has 1 N–H and O–H groups in total. The number of sulfonamides is 1. The summed E-state index contributed by atoms with van der Waals surface area (Å²) in [6.45, 7) is 2.16. The molecule has 0 aromatic heterocycles. The van der Waals surface area contributed by atoms with Gasteiger partial charge in [0, 0.05) is 50.6 Å². The zero-order valence-electron chi connectivity index (χ0n) is 18.4. The van der Waals surface area contributed by atoms with E-state index in [1.54, 1.807) is 21.9 Å². The lowest BCUT2D eigenvalue weighted by atomic mass is 10.1. The molecule has 7 nitrogen and oxygen atoms in total. The normalized spacial score (nSPS) is 19.4. The first-order valence-electron chi connectivity index (χ1n) is 11.1. The molecule has 2 aromatic rings. The number of amides is 1. The molecule has 0 bridgehead atoms. The highest BCUT2D eigenvalue weighted by molar-refractivity contribution is 7.89. The van der Waals surface area contributed by atoms with E-state index in [2.05, 4.69) is 4.72 Å². The van der Waals surface area contributed by atoms with Crippen molar-refractivity contribution in [1.82, 2.24) is 9.62 Å². The average molecular weight is 498 g/mol. The maximum absolute atomic E-state index is 13.0. The Hall–Kier alpha value is -2.63. The van der Waals surface area contributed by atoms with Gasteiger partial charge in [0.15, 0.2) is 0 Å². The van der Waals surface area contributed by atoms with E-state index in [0.29, 0.717) is 38.5 Å². The maximum Gasteiger partial charge on any atom is 0.416 e. The number of hydrogen-bond donors (Lipinski definition) is 1. The van der Waals surface area contributed by atoms with Crippen molar-refractivity contribution in [1.29, 1.82) is 0 Å². The summed E-state index contributed by atoms with van der Waals surface area (Å²) in [6, 6.07) is 11.0. The molecule has 0 aliphatic carbocycles. The van der Waals surface area contributed by atoms with Gasteiger partial charge in [-0.15, -0.1) is 0 Å². The molecular weight excluding hydrogens is 471 g/mol. The van der Waals surface area contributed by atoms with Gasteiger partial charge in [0.1, 0.15) is 0 Å². The number of hydrogen-bond acceptors (Lipinski definition) is 5. The quantitative estimate of drug-likeness (QED) is 0.664. The lowest BCUT2D eigenvalue weighted by molar-refractivity contribution is -0.137. The first kappa shape index (κ1) is 24.5. The second-order valence-corrected chi connectivity index (χ2v) is 10.1. The molecule has 2 aliphatic heterocycles. The maximum atomic E-state index is 13.0. The number of nitrogens with zero attached hydrogens (tertiary/aromatic N) is 2. The Kier molecular flexibility index (Phi) is 7.15. The summed E-state index contributed by atoms with van der Waals surface area (Å²) >= 11 is 0. The molecule has 34 heavy (non-hydrogen) atoms. The third-order valence-corrected chi connectivity index (χ3v) is 7.44. The summed E-state index contributed by atoms with van der Waals surface area (Å²) in [5, 5.41) is 0. The predicted octanol–water partition coefficient (Wildman–Crippen LogP) is 3.13. The smallest absolute Gasteiger partial charge is 0.377 e. The monoisotopic (exact) mass is 497 g/mol. The minimum Gasteiger partial charge on any atom is -0.377 e. The van der Waals surface area contributed by atoms with Gasteiger partial charge < -0.3 is 14.5 Å². The van der Waals surface area contributed by atoms with E-state index in [1.165, 1.54) is 24.3 Å². The third kappa shape index (κ3) is 5.70. The number of alkyl halides is 3. The van der Waals surface area contributed by atoms with Gasteiger partial charge in [-0.2, -0.15) is 13.2 Å². The summed E-state index contributed by atoms with van der Waals surface area (Å²) in [5.74, 6) is -0.320. The fourth-order valence-electron chi connectivity index (χ4n) is 4.12. The molecule has 2 aromatic carbocycles. The number of nitrogens with one attached hydrogen (secondary N) is 1. The molecule has 1 atom stereocenters. The van der Waals surface area contributed by atoms with Crippen LogP contribution in [0.2, 0.25) is 0 Å². The molecule has 2 saturated heterocycles. The van der Waals surface area contributed by atoms with Crippen LogP contribution in [0.4, 0.5) is 18.9 Å². The highest BCUT2D eigenvalue weighted by Gasteiger charge is 2.31. The molecule has 4 rings (SSSR count). The van der Waals surface area contributed by atoms with E-state index in [-0.39, 0.29) is 29.0 Å². The number of anilines is 1. The van der Waals surface area contributed by atoms with Crippen molar-refractivity contribution >= 4 is 21.6 Å². The van der Waals surface area contributed by atoms with Crippen LogP contribution in [-0.2, 0) is 20.9 Å². The lowest BCUT2D eigenvalue weighted by Crippen LogP contribution is -2.48. The Morgan fingerprint density at radius 1 is 1.06 bits per heavy atom. The van der Waals surface area contributed by atoms with E-state index >= 15 is 0 Å². The number of carbonyl (C=O) groups excluding carboxylic acids is 1. The van der Waals surface area contributed by atoms with Crippen molar-refractivity contribution in [3.63, 3.8) is 0 Å². The first-order chi connectivity index (χ1) is 16.1. The van der Waals surface area contributed by atoms with Crippen LogP contribution < -0.4 is 9.62 Å². The van der Waals surface area contributed by atoms with Crippen LogP contribution in [0, 0.1) is 0 Å². The van der Waals surface area contributed by atoms with Crippen molar-refractivity contribution in [2.24, 2.45) is 0 Å². The van der Waals surface area contributed by atoms with Crippen molar-refractivity contribution in [3.8, 4) is 0 Å². The molecule has 184 valence electrons. The summed E-state index contributed by atoms with van der Waals surface area (Å²) in [4.78, 5) is 16.4. The lowest BCUT2D eigenvalue weighted by Gasteiger charge is -2.36. The van der Waals surface area contributed by atoms with Crippen LogP contribution in [0.15, 0.2) is 53.4 Å². The van der Waals surface area contributed by atoms with Crippen LogP contribution in [0.25, 0.3) is 0 Å². The fourth-order valence-corrected chi connectivity index (χ4v) is 5.23. The van der Waals surface area contributed by atoms with Crippen molar-refractivity contribution in [2.45, 2.75) is 30.0 Å². The van der Waals surface area contributed by atoms with Crippen LogP contribution in [0.1, 0.15) is 28.8 Å². The Bertz CT molecular complexity index is 1130. The zero-order valence-corrected chi connectivity index (χ0v) is 19.2. The third-order valence-electron chi connectivity index (χ3n) is 6.02. The van der Waals surface area contributed by atoms with E-state index in [0.717, 1.165) is 25.0 Å². The molecular formula is C23H26F3N3O4S. The number of halogens is 3. The number of benzene rings is 2. The van der Waals surface area contributed by atoms with Gasteiger partial charge >= 0.3 is 6.18 Å². The van der Waals surface area contributed by atoms with Crippen LogP contribution in [0.5, 0.6) is 0 Å². The summed E-state index contributed by atoms with van der Waals surface area (Å²) in [6.07, 6.45) is -2.86. The second-order valence-electron chi connectivity index (χ2n) is 8.34. The van der Waals surface area contributed by atoms with Crippen LogP contribution >= 0.6 is 0 Å². The summed E-state index contributed by atoms with van der Waals surface area (Å²) in [5.41, 5.74) is -0.0190. The number of ether oxygens (including phenoxy) is 1. The van der Waals surface area contributed by atoms with Gasteiger partial charge in [0.25, 0.3) is 5.91 Å². The minimum atomic E-state index is -4.42. The Morgan fingerprint density at radius 3 is 2.47 bits per heavy atom.